The average Bonchev–Trinajstić information content (AvgIpc) is 3.15. The van der Waals surface area contributed by atoms with Gasteiger partial charge < -0.3 is 16.0 Å². The number of thiophene rings is 1. The van der Waals surface area contributed by atoms with Gasteiger partial charge in [-0.1, -0.05) is 6.07 Å². The van der Waals surface area contributed by atoms with Gasteiger partial charge >= 0.3 is 0 Å². The molecule has 1 fully saturated rings. The molecule has 132 valence electrons. The molecule has 2 amide bonds. The third-order valence-electron chi connectivity index (χ3n) is 3.90. The van der Waals surface area contributed by atoms with Gasteiger partial charge in [-0.25, -0.2) is 0 Å². The Kier molecular flexibility index (Phi) is 6.49. The molecule has 7 heteroatoms. The van der Waals surface area contributed by atoms with Crippen LogP contribution in [0.4, 0.5) is 5.69 Å². The summed E-state index contributed by atoms with van der Waals surface area (Å²) in [5.41, 5.74) is 1.31. The van der Waals surface area contributed by atoms with Crippen molar-refractivity contribution >= 4 is 40.6 Å². The van der Waals surface area contributed by atoms with Crippen molar-refractivity contribution in [3.63, 3.8) is 0 Å². The van der Waals surface area contributed by atoms with Gasteiger partial charge in [-0.05, 0) is 55.1 Å². The molecule has 0 saturated carbocycles. The molecule has 3 N–H and O–H groups in total. The number of carbonyl (C=O) groups is 2. The van der Waals surface area contributed by atoms with Crippen LogP contribution in [0.3, 0.4) is 0 Å². The molecule has 0 aliphatic carbocycles. The molecule has 2 aromatic rings. The van der Waals surface area contributed by atoms with Crippen LogP contribution in [0.1, 0.15) is 23.2 Å². The highest BCUT2D eigenvalue weighted by atomic mass is 32.2. The molecule has 0 radical (unpaired) electrons. The van der Waals surface area contributed by atoms with Crippen LogP contribution in [0, 0.1) is 0 Å². The van der Waals surface area contributed by atoms with E-state index in [0.29, 0.717) is 17.0 Å². The van der Waals surface area contributed by atoms with E-state index in [-0.39, 0.29) is 17.9 Å². The van der Waals surface area contributed by atoms with Crippen molar-refractivity contribution in [1.29, 1.82) is 0 Å². The van der Waals surface area contributed by atoms with Crippen molar-refractivity contribution in [1.82, 2.24) is 10.6 Å². The fourth-order valence-electron chi connectivity index (χ4n) is 2.63. The number of nitrogens with one attached hydrogen (secondary N) is 3. The molecule has 1 atom stereocenters. The molecule has 25 heavy (non-hydrogen) atoms. The van der Waals surface area contributed by atoms with Crippen LogP contribution in [0.15, 0.2) is 46.0 Å². The Morgan fingerprint density at radius 1 is 1.24 bits per heavy atom. The lowest BCUT2D eigenvalue weighted by molar-refractivity contribution is -0.113. The summed E-state index contributed by atoms with van der Waals surface area (Å²) in [5.74, 6) is 0.251. The first kappa shape index (κ1) is 18.0. The lowest BCUT2D eigenvalue weighted by atomic mass is 10.1. The third-order valence-corrected chi connectivity index (χ3v) is 6.03. The van der Waals surface area contributed by atoms with Crippen LogP contribution < -0.4 is 16.0 Å². The van der Waals surface area contributed by atoms with E-state index < -0.39 is 0 Å². The summed E-state index contributed by atoms with van der Waals surface area (Å²) >= 11 is 3.14. The Hall–Kier alpha value is -1.83. The van der Waals surface area contributed by atoms with E-state index in [2.05, 4.69) is 16.0 Å². The number of rotatable bonds is 6. The van der Waals surface area contributed by atoms with Gasteiger partial charge in [0.25, 0.3) is 5.91 Å². The number of thioether (sulfide) groups is 1. The highest BCUT2D eigenvalue weighted by Gasteiger charge is 2.16. The van der Waals surface area contributed by atoms with Gasteiger partial charge in [-0.3, -0.25) is 9.59 Å². The molecule has 0 bridgehead atoms. The van der Waals surface area contributed by atoms with Gasteiger partial charge in [0.05, 0.1) is 9.96 Å². The zero-order valence-corrected chi connectivity index (χ0v) is 15.4. The summed E-state index contributed by atoms with van der Waals surface area (Å²) in [6.07, 6.45) is 2.09. The molecule has 1 saturated heterocycles. The van der Waals surface area contributed by atoms with Crippen molar-refractivity contribution in [3.05, 3.63) is 47.3 Å². The van der Waals surface area contributed by atoms with Crippen LogP contribution in [0.25, 0.3) is 0 Å². The van der Waals surface area contributed by atoms with Crippen LogP contribution in [-0.4, -0.2) is 36.7 Å². The maximum absolute atomic E-state index is 12.3. The summed E-state index contributed by atoms with van der Waals surface area (Å²) in [6.45, 7) is 1.84. The third kappa shape index (κ3) is 5.59. The first-order chi connectivity index (χ1) is 12.2. The topological polar surface area (TPSA) is 70.2 Å². The smallest absolute Gasteiger partial charge is 0.251 e. The average molecular weight is 376 g/mol. The lowest BCUT2D eigenvalue weighted by Crippen LogP contribution is -2.45. The van der Waals surface area contributed by atoms with E-state index >= 15 is 0 Å². The molecule has 2 heterocycles. The van der Waals surface area contributed by atoms with Crippen LogP contribution in [0.5, 0.6) is 0 Å². The standard InChI is InChI=1S/C18H21N3O2S2/c22-16(12-25-17-4-2-10-24-17)20-14-7-5-13(6-8-14)18(23)21-15-3-1-9-19-11-15/h2,4-8,10,15,19H,1,3,9,11-12H2,(H,20,22)(H,21,23). The summed E-state index contributed by atoms with van der Waals surface area (Å²) < 4.78 is 1.12. The van der Waals surface area contributed by atoms with Gasteiger partial charge in [0.1, 0.15) is 0 Å². The molecular formula is C18H21N3O2S2. The number of piperidine rings is 1. The highest BCUT2D eigenvalue weighted by Crippen LogP contribution is 2.23. The van der Waals surface area contributed by atoms with Gasteiger partial charge in [0, 0.05) is 23.8 Å². The number of hydrogen-bond acceptors (Lipinski definition) is 5. The maximum Gasteiger partial charge on any atom is 0.251 e. The van der Waals surface area contributed by atoms with E-state index in [1.54, 1.807) is 35.6 Å². The minimum Gasteiger partial charge on any atom is -0.348 e. The molecule has 1 aromatic carbocycles. The Morgan fingerprint density at radius 2 is 2.08 bits per heavy atom. The SMILES string of the molecule is O=C(CSc1cccs1)Nc1ccc(C(=O)NC2CCCNC2)cc1. The molecule has 3 rings (SSSR count). The summed E-state index contributed by atoms with van der Waals surface area (Å²) in [6, 6.07) is 11.2. The van der Waals surface area contributed by atoms with E-state index in [4.69, 9.17) is 0 Å². The minimum absolute atomic E-state index is 0.0520. The zero-order chi connectivity index (χ0) is 17.5. The van der Waals surface area contributed by atoms with Gasteiger partial charge in [-0.15, -0.1) is 23.1 Å². The van der Waals surface area contributed by atoms with E-state index in [1.807, 2.05) is 17.5 Å². The minimum atomic E-state index is -0.0696. The molecule has 5 nitrogen and oxygen atoms in total. The second-order valence-electron chi connectivity index (χ2n) is 5.86. The van der Waals surface area contributed by atoms with E-state index in [0.717, 1.165) is 30.1 Å². The number of amides is 2. The van der Waals surface area contributed by atoms with Gasteiger partial charge in [-0.2, -0.15) is 0 Å². The predicted molar refractivity (Wildman–Crippen MR) is 103 cm³/mol. The van der Waals surface area contributed by atoms with Gasteiger partial charge in [0.15, 0.2) is 0 Å². The molecule has 1 aromatic heterocycles. The lowest BCUT2D eigenvalue weighted by Gasteiger charge is -2.23. The molecule has 1 aliphatic rings. The molecule has 1 aliphatic heterocycles. The molecule has 1 unspecified atom stereocenters. The first-order valence-electron chi connectivity index (χ1n) is 8.28. The quantitative estimate of drug-likeness (QED) is 0.679. The largest absolute Gasteiger partial charge is 0.348 e. The summed E-state index contributed by atoms with van der Waals surface area (Å²) in [5, 5.41) is 11.2. The molecular weight excluding hydrogens is 354 g/mol. The fraction of sp³-hybridized carbons (Fsp3) is 0.333. The van der Waals surface area contributed by atoms with Crippen LogP contribution in [0.2, 0.25) is 0 Å². The fourth-order valence-corrected chi connectivity index (χ4v) is 4.21. The normalized spacial score (nSPS) is 17.0. The van der Waals surface area contributed by atoms with Crippen LogP contribution >= 0.6 is 23.1 Å². The number of anilines is 1. The second kappa shape index (κ2) is 9.03. The summed E-state index contributed by atoms with van der Waals surface area (Å²) in [7, 11) is 0. The maximum atomic E-state index is 12.3. The second-order valence-corrected chi connectivity index (χ2v) is 8.09. The Labute approximate surface area is 155 Å². The van der Waals surface area contributed by atoms with E-state index in [9.17, 15) is 9.59 Å². The Bertz CT molecular complexity index is 696. The summed E-state index contributed by atoms with van der Waals surface area (Å²) in [4.78, 5) is 24.2. The van der Waals surface area contributed by atoms with Crippen molar-refractivity contribution in [2.75, 3.05) is 24.2 Å². The van der Waals surface area contributed by atoms with Crippen molar-refractivity contribution in [2.45, 2.75) is 23.1 Å². The Balaban J connectivity index is 1.47. The number of benzene rings is 1. The van der Waals surface area contributed by atoms with Crippen LogP contribution in [-0.2, 0) is 4.79 Å². The van der Waals surface area contributed by atoms with Crippen molar-refractivity contribution in [2.24, 2.45) is 0 Å². The predicted octanol–water partition coefficient (Wildman–Crippen LogP) is 2.96. The monoisotopic (exact) mass is 375 g/mol. The first-order valence-corrected chi connectivity index (χ1v) is 10.1. The zero-order valence-electron chi connectivity index (χ0n) is 13.8. The number of hydrogen-bond donors (Lipinski definition) is 3. The molecule has 0 spiro atoms. The van der Waals surface area contributed by atoms with Gasteiger partial charge in [0.2, 0.25) is 5.91 Å². The Morgan fingerprint density at radius 3 is 2.76 bits per heavy atom. The van der Waals surface area contributed by atoms with Crippen molar-refractivity contribution in [3.8, 4) is 0 Å². The number of carbonyl (C=O) groups excluding carboxylic acids is 2. The van der Waals surface area contributed by atoms with Crippen molar-refractivity contribution < 1.29 is 9.59 Å². The highest BCUT2D eigenvalue weighted by molar-refractivity contribution is 8.01. The van der Waals surface area contributed by atoms with E-state index in [1.165, 1.54) is 11.8 Å².